The molecule has 1 rings (SSSR count). The van der Waals surface area contributed by atoms with E-state index in [1.165, 1.54) is 41.5 Å². The Labute approximate surface area is 213 Å². The summed E-state index contributed by atoms with van der Waals surface area (Å²) in [5.74, 6) is -9.88. The normalized spacial score (nSPS) is 11.2. The van der Waals surface area contributed by atoms with Gasteiger partial charge in [0.2, 0.25) is 0 Å². The van der Waals surface area contributed by atoms with Crippen molar-refractivity contribution < 1.29 is 61.6 Å². The number of hydrogen-bond donors (Lipinski definition) is 0. The van der Waals surface area contributed by atoms with E-state index < -0.39 is 58.2 Å². The lowest BCUT2D eigenvalue weighted by molar-refractivity contribution is -0.178. The standard InChI is InChI=1S/C24H32O13/c1-7-31-17(25)23(18(26)32-8-2,19(27)33-9-3)15-13-14-16(37-15)24(20(28)34-10-4,21(29)35-11-5)22(30)36-12-6/h13-14H,7-12H2,1-6H3. The molecule has 0 fully saturated rings. The van der Waals surface area contributed by atoms with Crippen molar-refractivity contribution in [2.24, 2.45) is 0 Å². The van der Waals surface area contributed by atoms with E-state index in [9.17, 15) is 28.8 Å². The van der Waals surface area contributed by atoms with Gasteiger partial charge in [0.15, 0.2) is 0 Å². The molecule has 0 unspecified atom stereocenters. The van der Waals surface area contributed by atoms with E-state index >= 15 is 0 Å². The number of carbonyl (C=O) groups excluding carboxylic acids is 6. The van der Waals surface area contributed by atoms with E-state index in [-0.39, 0.29) is 39.6 Å². The molecule has 0 radical (unpaired) electrons. The molecular weight excluding hydrogens is 496 g/mol. The van der Waals surface area contributed by atoms with Gasteiger partial charge in [-0.2, -0.15) is 0 Å². The maximum Gasteiger partial charge on any atom is 0.343 e. The van der Waals surface area contributed by atoms with Crippen molar-refractivity contribution in [2.75, 3.05) is 39.6 Å². The highest BCUT2D eigenvalue weighted by molar-refractivity contribution is 6.25. The van der Waals surface area contributed by atoms with Crippen molar-refractivity contribution in [3.05, 3.63) is 23.7 Å². The van der Waals surface area contributed by atoms with Crippen LogP contribution < -0.4 is 0 Å². The SMILES string of the molecule is CCOC(=O)C(C(=O)OCC)(C(=O)OCC)c1ccc(C(C(=O)OCC)(C(=O)OCC)C(=O)OCC)o1. The van der Waals surface area contributed by atoms with Gasteiger partial charge in [-0.25, -0.2) is 28.8 Å². The zero-order valence-corrected chi connectivity index (χ0v) is 21.7. The minimum Gasteiger partial charge on any atom is -0.464 e. The first-order valence-electron chi connectivity index (χ1n) is 11.7. The quantitative estimate of drug-likeness (QED) is 0.191. The second-order valence-corrected chi connectivity index (χ2v) is 6.99. The van der Waals surface area contributed by atoms with Gasteiger partial charge in [0.05, 0.1) is 39.6 Å². The smallest absolute Gasteiger partial charge is 0.343 e. The summed E-state index contributed by atoms with van der Waals surface area (Å²) in [5, 5.41) is 0. The van der Waals surface area contributed by atoms with E-state index in [4.69, 9.17) is 32.8 Å². The number of esters is 6. The van der Waals surface area contributed by atoms with Gasteiger partial charge >= 0.3 is 46.6 Å². The first kappa shape index (κ1) is 31.1. The van der Waals surface area contributed by atoms with Crippen LogP contribution in [0.1, 0.15) is 53.1 Å². The van der Waals surface area contributed by atoms with E-state index in [1.807, 2.05) is 0 Å². The van der Waals surface area contributed by atoms with Crippen LogP contribution in [0.25, 0.3) is 0 Å². The van der Waals surface area contributed by atoms with Crippen LogP contribution in [0.4, 0.5) is 0 Å². The molecule has 0 spiro atoms. The van der Waals surface area contributed by atoms with Crippen molar-refractivity contribution in [3.63, 3.8) is 0 Å². The average Bonchev–Trinajstić information content (AvgIpc) is 3.31. The predicted octanol–water partition coefficient (Wildman–Crippen LogP) is 1.13. The first-order chi connectivity index (χ1) is 17.6. The van der Waals surface area contributed by atoms with Crippen LogP contribution in [0, 0.1) is 0 Å². The van der Waals surface area contributed by atoms with Crippen LogP contribution in [0.5, 0.6) is 0 Å². The highest BCUT2D eigenvalue weighted by Gasteiger charge is 2.65. The van der Waals surface area contributed by atoms with Crippen molar-refractivity contribution in [2.45, 2.75) is 52.4 Å². The Hall–Kier alpha value is -3.90. The van der Waals surface area contributed by atoms with Crippen molar-refractivity contribution >= 4 is 35.8 Å². The van der Waals surface area contributed by atoms with Crippen molar-refractivity contribution in [3.8, 4) is 0 Å². The fraction of sp³-hybridized carbons (Fsp3) is 0.583. The summed E-state index contributed by atoms with van der Waals surface area (Å²) < 4.78 is 35.5. The van der Waals surface area contributed by atoms with Crippen LogP contribution in [0.15, 0.2) is 16.5 Å². The molecule has 0 N–H and O–H groups in total. The minimum absolute atomic E-state index is 0.245. The van der Waals surface area contributed by atoms with Crippen LogP contribution >= 0.6 is 0 Å². The third-order valence-corrected chi connectivity index (χ3v) is 4.83. The number of hydrogen-bond acceptors (Lipinski definition) is 13. The van der Waals surface area contributed by atoms with E-state index in [0.717, 1.165) is 12.1 Å². The second kappa shape index (κ2) is 14.0. The molecule has 206 valence electrons. The molecule has 1 aromatic rings. The molecule has 0 atom stereocenters. The van der Waals surface area contributed by atoms with Crippen LogP contribution in [-0.2, 0) is 68.0 Å². The van der Waals surface area contributed by atoms with Crippen molar-refractivity contribution in [1.29, 1.82) is 0 Å². The molecule has 1 heterocycles. The summed E-state index contributed by atoms with van der Waals surface area (Å²) >= 11 is 0. The average molecular weight is 529 g/mol. The highest BCUT2D eigenvalue weighted by Crippen LogP contribution is 2.37. The molecule has 0 aromatic carbocycles. The molecule has 37 heavy (non-hydrogen) atoms. The van der Waals surface area contributed by atoms with Gasteiger partial charge in [0.1, 0.15) is 11.5 Å². The van der Waals surface area contributed by atoms with Crippen LogP contribution in [-0.4, -0.2) is 75.5 Å². The van der Waals surface area contributed by atoms with Gasteiger partial charge in [0, 0.05) is 0 Å². The molecule has 0 aliphatic heterocycles. The Balaban J connectivity index is 4.08. The van der Waals surface area contributed by atoms with Gasteiger partial charge in [0.25, 0.3) is 0 Å². The topological polar surface area (TPSA) is 171 Å². The summed E-state index contributed by atoms with van der Waals surface area (Å²) in [4.78, 5) is 78.6. The molecule has 0 amide bonds. The van der Waals surface area contributed by atoms with Gasteiger partial charge in [-0.1, -0.05) is 0 Å². The first-order valence-corrected chi connectivity index (χ1v) is 11.7. The maximum atomic E-state index is 13.1. The van der Waals surface area contributed by atoms with Gasteiger partial charge in [-0.05, 0) is 53.7 Å². The molecule has 0 saturated heterocycles. The van der Waals surface area contributed by atoms with Gasteiger partial charge in [-0.15, -0.1) is 0 Å². The minimum atomic E-state index is -2.94. The monoisotopic (exact) mass is 528 g/mol. The second-order valence-electron chi connectivity index (χ2n) is 6.99. The summed E-state index contributed by atoms with van der Waals surface area (Å²) in [6, 6.07) is 1.87. The maximum absolute atomic E-state index is 13.1. The number of furan rings is 1. The zero-order chi connectivity index (χ0) is 28.2. The Morgan fingerprint density at radius 2 is 0.676 bits per heavy atom. The number of ether oxygens (including phenoxy) is 6. The highest BCUT2D eigenvalue weighted by atomic mass is 16.6. The number of carbonyl (C=O) groups is 6. The van der Waals surface area contributed by atoms with E-state index in [1.54, 1.807) is 0 Å². The summed E-state index contributed by atoms with van der Waals surface area (Å²) in [6.45, 7) is 7.11. The molecule has 13 nitrogen and oxygen atoms in total. The lowest BCUT2D eigenvalue weighted by atomic mass is 9.84. The van der Waals surface area contributed by atoms with Gasteiger partial charge < -0.3 is 32.8 Å². The molecule has 0 bridgehead atoms. The molecule has 13 heteroatoms. The molecule has 0 aliphatic carbocycles. The van der Waals surface area contributed by atoms with Crippen LogP contribution in [0.3, 0.4) is 0 Å². The zero-order valence-electron chi connectivity index (χ0n) is 21.7. The van der Waals surface area contributed by atoms with Crippen molar-refractivity contribution in [1.82, 2.24) is 0 Å². The van der Waals surface area contributed by atoms with Gasteiger partial charge in [-0.3, -0.25) is 0 Å². The Bertz CT molecular complexity index is 823. The van der Waals surface area contributed by atoms with Crippen LogP contribution in [0.2, 0.25) is 0 Å². The van der Waals surface area contributed by atoms with E-state index in [0.29, 0.717) is 0 Å². The Morgan fingerprint density at radius 3 is 0.838 bits per heavy atom. The Kier molecular flexibility index (Phi) is 11.8. The summed E-state index contributed by atoms with van der Waals surface area (Å²) in [7, 11) is 0. The molecule has 0 aliphatic rings. The summed E-state index contributed by atoms with van der Waals surface area (Å²) in [5.41, 5.74) is -5.88. The molecule has 0 saturated carbocycles. The fourth-order valence-corrected chi connectivity index (χ4v) is 3.28. The molecular formula is C24H32O13. The third kappa shape index (κ3) is 5.75. The Morgan fingerprint density at radius 1 is 0.486 bits per heavy atom. The molecule has 1 aromatic heterocycles. The number of rotatable bonds is 14. The lowest BCUT2D eigenvalue weighted by Gasteiger charge is -2.27. The largest absolute Gasteiger partial charge is 0.464 e. The summed E-state index contributed by atoms with van der Waals surface area (Å²) in [6.07, 6.45) is 0. The lowest BCUT2D eigenvalue weighted by Crippen LogP contribution is -2.54. The fourth-order valence-electron chi connectivity index (χ4n) is 3.28. The third-order valence-electron chi connectivity index (χ3n) is 4.83. The van der Waals surface area contributed by atoms with E-state index in [2.05, 4.69) is 0 Å². The predicted molar refractivity (Wildman–Crippen MR) is 122 cm³/mol.